The van der Waals surface area contributed by atoms with Crippen molar-refractivity contribution in [2.45, 2.75) is 13.5 Å². The zero-order valence-corrected chi connectivity index (χ0v) is 9.61. The summed E-state index contributed by atoms with van der Waals surface area (Å²) in [4.78, 5) is 10.1. The van der Waals surface area contributed by atoms with Crippen LogP contribution in [0.25, 0.3) is 0 Å². The van der Waals surface area contributed by atoms with Gasteiger partial charge in [-0.25, -0.2) is 0 Å². The van der Waals surface area contributed by atoms with Crippen molar-refractivity contribution in [1.29, 1.82) is 0 Å². The van der Waals surface area contributed by atoms with Crippen molar-refractivity contribution in [3.8, 4) is 0 Å². The van der Waals surface area contributed by atoms with Gasteiger partial charge in [0.2, 0.25) is 0 Å². The van der Waals surface area contributed by atoms with Crippen molar-refractivity contribution in [3.05, 3.63) is 57.1 Å². The Labute approximate surface area is 97.1 Å². The molecule has 0 saturated carbocycles. The first-order valence-corrected chi connectivity index (χ1v) is 5.68. The van der Waals surface area contributed by atoms with Crippen LogP contribution in [0.2, 0.25) is 0 Å². The first kappa shape index (κ1) is 10.8. The van der Waals surface area contributed by atoms with E-state index >= 15 is 0 Å². The second-order valence-electron chi connectivity index (χ2n) is 3.51. The molecule has 1 aromatic heterocycles. The Morgan fingerprint density at radius 1 is 1.31 bits per heavy atom. The van der Waals surface area contributed by atoms with E-state index in [0.717, 1.165) is 12.1 Å². The smallest absolute Gasteiger partial charge is 0.258 e. The lowest BCUT2D eigenvalue weighted by Crippen LogP contribution is -2.31. The van der Waals surface area contributed by atoms with Gasteiger partial charge in [0.15, 0.2) is 12.2 Å². The van der Waals surface area contributed by atoms with Gasteiger partial charge in [0.1, 0.15) is 11.5 Å². The summed E-state index contributed by atoms with van der Waals surface area (Å²) in [6.45, 7) is 2.81. The van der Waals surface area contributed by atoms with Crippen LogP contribution in [-0.2, 0) is 6.54 Å². The molecule has 82 valence electrons. The Morgan fingerprint density at radius 2 is 2.00 bits per heavy atom. The second-order valence-corrected chi connectivity index (χ2v) is 4.43. The highest BCUT2D eigenvalue weighted by atomic mass is 32.1. The molecule has 16 heavy (non-hydrogen) atoms. The minimum atomic E-state index is -0.382. The lowest BCUT2D eigenvalue weighted by molar-refractivity contribution is -0.625. The molecule has 1 aromatic carbocycles. The van der Waals surface area contributed by atoms with Gasteiger partial charge in [-0.3, -0.25) is 10.1 Å². The number of non-ortho nitro benzene ring substituents is 1. The van der Waals surface area contributed by atoms with Crippen LogP contribution < -0.4 is 3.96 Å². The highest BCUT2D eigenvalue weighted by Gasteiger charge is 2.10. The molecule has 0 N–H and O–H groups in total. The summed E-state index contributed by atoms with van der Waals surface area (Å²) < 4.78 is 2.14. The van der Waals surface area contributed by atoms with E-state index in [0.29, 0.717) is 0 Å². The van der Waals surface area contributed by atoms with E-state index < -0.39 is 0 Å². The molecule has 0 aliphatic heterocycles. The molecule has 0 fully saturated rings. The zero-order valence-electron chi connectivity index (χ0n) is 8.79. The Kier molecular flexibility index (Phi) is 2.96. The van der Waals surface area contributed by atoms with Gasteiger partial charge in [-0.15, -0.1) is 3.96 Å². The number of nitro groups is 1. The second kappa shape index (κ2) is 4.40. The van der Waals surface area contributed by atoms with E-state index in [-0.39, 0.29) is 10.6 Å². The number of hydrogen-bond acceptors (Lipinski definition) is 3. The normalized spacial score (nSPS) is 10.3. The maximum absolute atomic E-state index is 10.5. The molecule has 0 aliphatic carbocycles. The predicted octanol–water partition coefficient (Wildman–Crippen LogP) is 2.30. The van der Waals surface area contributed by atoms with Gasteiger partial charge in [0.25, 0.3) is 5.69 Å². The molecule has 2 rings (SSSR count). The zero-order chi connectivity index (χ0) is 11.5. The van der Waals surface area contributed by atoms with E-state index in [1.165, 1.54) is 5.69 Å². The Morgan fingerprint density at radius 3 is 2.50 bits per heavy atom. The summed E-state index contributed by atoms with van der Waals surface area (Å²) in [5.41, 5.74) is 2.40. The molecule has 0 saturated heterocycles. The van der Waals surface area contributed by atoms with Crippen LogP contribution in [0.3, 0.4) is 0 Å². The molecule has 0 amide bonds. The molecule has 4 nitrogen and oxygen atoms in total. The number of hydrogen-bond donors (Lipinski definition) is 0. The summed E-state index contributed by atoms with van der Waals surface area (Å²) >= 11 is 1.64. The van der Waals surface area contributed by atoms with Crippen molar-refractivity contribution in [2.24, 2.45) is 0 Å². The van der Waals surface area contributed by atoms with Gasteiger partial charge in [-0.1, -0.05) is 0 Å². The Hall–Kier alpha value is -1.75. The fourth-order valence-corrected chi connectivity index (χ4v) is 2.27. The van der Waals surface area contributed by atoms with Crippen LogP contribution in [0, 0.1) is 17.0 Å². The van der Waals surface area contributed by atoms with Gasteiger partial charge >= 0.3 is 0 Å². The first-order valence-electron chi connectivity index (χ1n) is 4.84. The van der Waals surface area contributed by atoms with Crippen LogP contribution in [0.1, 0.15) is 11.3 Å². The number of aromatic nitrogens is 1. The first-order chi connectivity index (χ1) is 7.66. The largest absolute Gasteiger partial charge is 0.269 e. The molecular weight excluding hydrogens is 224 g/mol. The van der Waals surface area contributed by atoms with Crippen LogP contribution in [0.4, 0.5) is 5.69 Å². The third-order valence-electron chi connectivity index (χ3n) is 2.36. The van der Waals surface area contributed by atoms with Gasteiger partial charge in [0.05, 0.1) is 10.3 Å². The summed E-state index contributed by atoms with van der Waals surface area (Å²) in [7, 11) is 0. The third-order valence-corrected chi connectivity index (χ3v) is 3.29. The summed E-state index contributed by atoms with van der Waals surface area (Å²) in [6.07, 6.45) is 0. The quantitative estimate of drug-likeness (QED) is 0.465. The average molecular weight is 235 g/mol. The molecule has 0 unspecified atom stereocenters. The molecule has 0 bridgehead atoms. The highest BCUT2D eigenvalue weighted by molar-refractivity contribution is 6.99. The standard InChI is InChI=1S/C11H11N2O2S/c1-9-6-7-16-12(9)8-10-2-4-11(5-3-10)13(14)15/h2-7H,8H2,1H3/q+1. The maximum Gasteiger partial charge on any atom is 0.269 e. The number of nitrogens with zero attached hydrogens (tertiary/aromatic N) is 2. The molecule has 0 spiro atoms. The molecule has 0 atom stereocenters. The van der Waals surface area contributed by atoms with E-state index in [1.54, 1.807) is 35.8 Å². The minimum absolute atomic E-state index is 0.136. The summed E-state index contributed by atoms with van der Waals surface area (Å²) in [6, 6.07) is 8.72. The molecule has 2 aromatic rings. The van der Waals surface area contributed by atoms with Crippen molar-refractivity contribution >= 4 is 17.2 Å². The van der Waals surface area contributed by atoms with Crippen molar-refractivity contribution < 1.29 is 8.88 Å². The van der Waals surface area contributed by atoms with Crippen molar-refractivity contribution in [2.75, 3.05) is 0 Å². The molecule has 5 heteroatoms. The lowest BCUT2D eigenvalue weighted by atomic mass is 10.2. The lowest BCUT2D eigenvalue weighted by Gasteiger charge is -1.95. The van der Waals surface area contributed by atoms with Crippen molar-refractivity contribution in [1.82, 2.24) is 0 Å². The van der Waals surface area contributed by atoms with Crippen LogP contribution in [0.5, 0.6) is 0 Å². The molecule has 0 aliphatic rings. The van der Waals surface area contributed by atoms with E-state index in [9.17, 15) is 10.1 Å². The minimum Gasteiger partial charge on any atom is -0.258 e. The molecule has 1 heterocycles. The topological polar surface area (TPSA) is 47.0 Å². The monoisotopic (exact) mass is 235 g/mol. The van der Waals surface area contributed by atoms with Crippen LogP contribution in [0.15, 0.2) is 35.7 Å². The van der Waals surface area contributed by atoms with Gasteiger partial charge in [-0.05, 0) is 12.1 Å². The van der Waals surface area contributed by atoms with Crippen molar-refractivity contribution in [3.63, 3.8) is 0 Å². The number of nitro benzene ring substituents is 1. The van der Waals surface area contributed by atoms with E-state index in [4.69, 9.17) is 0 Å². The predicted molar refractivity (Wildman–Crippen MR) is 61.4 cm³/mol. The molecule has 0 radical (unpaired) electrons. The highest BCUT2D eigenvalue weighted by Crippen LogP contribution is 2.12. The molecular formula is C11H11N2O2S+. The SMILES string of the molecule is Cc1ccs[n+]1Cc1ccc([N+](=O)[O-])cc1. The number of benzene rings is 1. The van der Waals surface area contributed by atoms with Crippen LogP contribution in [-0.4, -0.2) is 4.92 Å². The fraction of sp³-hybridized carbons (Fsp3) is 0.182. The van der Waals surface area contributed by atoms with Crippen LogP contribution >= 0.6 is 11.5 Å². The van der Waals surface area contributed by atoms with Gasteiger partial charge in [-0.2, -0.15) is 0 Å². The van der Waals surface area contributed by atoms with E-state index in [2.05, 4.69) is 10.0 Å². The van der Waals surface area contributed by atoms with Gasteiger partial charge < -0.3 is 0 Å². The Balaban J connectivity index is 2.17. The average Bonchev–Trinajstić information content (AvgIpc) is 2.65. The summed E-state index contributed by atoms with van der Waals surface area (Å²) in [5, 5.41) is 12.5. The van der Waals surface area contributed by atoms with Gasteiger partial charge in [0, 0.05) is 30.7 Å². The fourth-order valence-electron chi connectivity index (χ4n) is 1.42. The summed E-state index contributed by atoms with van der Waals surface area (Å²) in [5.74, 6) is 0. The number of rotatable bonds is 3. The number of aryl methyl sites for hydroxylation is 1. The third kappa shape index (κ3) is 2.25. The van der Waals surface area contributed by atoms with E-state index in [1.807, 2.05) is 12.3 Å². The Bertz CT molecular complexity index is 505. The maximum atomic E-state index is 10.5.